The summed E-state index contributed by atoms with van der Waals surface area (Å²) in [5.74, 6) is 0.514. The summed E-state index contributed by atoms with van der Waals surface area (Å²) in [6, 6.07) is 0. The molecule has 2 rings (SSSR count). The Morgan fingerprint density at radius 1 is 1.42 bits per heavy atom. The van der Waals surface area contributed by atoms with Crippen LogP contribution in [0.3, 0.4) is 0 Å². The normalized spacial score (nSPS) is 17.5. The van der Waals surface area contributed by atoms with Gasteiger partial charge in [-0.2, -0.15) is 0 Å². The van der Waals surface area contributed by atoms with Crippen molar-refractivity contribution in [3.05, 3.63) is 15.8 Å². The van der Waals surface area contributed by atoms with Crippen LogP contribution in [-0.2, 0) is 16.6 Å². The van der Waals surface area contributed by atoms with Crippen molar-refractivity contribution in [3.8, 4) is 0 Å². The van der Waals surface area contributed by atoms with Gasteiger partial charge in [0.05, 0.1) is 0 Å². The van der Waals surface area contributed by atoms with Gasteiger partial charge in [-0.05, 0) is 36.6 Å². The third kappa shape index (κ3) is 3.02. The molecule has 0 bridgehead atoms. The van der Waals surface area contributed by atoms with Crippen molar-refractivity contribution in [2.24, 2.45) is 11.7 Å². The average molecular weight is 302 g/mol. The molecule has 19 heavy (non-hydrogen) atoms. The third-order valence-electron chi connectivity index (χ3n) is 3.83. The molecule has 108 valence electrons. The molecule has 0 spiro atoms. The molecule has 0 unspecified atom stereocenters. The molecule has 0 aliphatic heterocycles. The maximum absolute atomic E-state index is 12.7. The third-order valence-corrected chi connectivity index (χ3v) is 7.14. The van der Waals surface area contributed by atoms with Crippen LogP contribution in [0.5, 0.6) is 0 Å². The van der Waals surface area contributed by atoms with Gasteiger partial charge in [0.25, 0.3) is 0 Å². The van der Waals surface area contributed by atoms with Gasteiger partial charge in [0.15, 0.2) is 0 Å². The van der Waals surface area contributed by atoms with E-state index >= 15 is 0 Å². The maximum Gasteiger partial charge on any atom is 0.244 e. The molecule has 1 heterocycles. The van der Waals surface area contributed by atoms with E-state index in [0.29, 0.717) is 17.4 Å². The second-order valence-corrected chi connectivity index (χ2v) is 8.26. The summed E-state index contributed by atoms with van der Waals surface area (Å²) in [4.78, 5) is 1.19. The van der Waals surface area contributed by atoms with Crippen molar-refractivity contribution >= 4 is 21.4 Å². The summed E-state index contributed by atoms with van der Waals surface area (Å²) < 4.78 is 26.8. The van der Waals surface area contributed by atoms with Gasteiger partial charge in [0, 0.05) is 25.0 Å². The SMILES string of the molecule is Cc1csc(CN)c1S(=O)(=O)N(C)CC1CCCC1. The van der Waals surface area contributed by atoms with Gasteiger partial charge in [0.2, 0.25) is 10.0 Å². The van der Waals surface area contributed by atoms with Gasteiger partial charge in [-0.3, -0.25) is 0 Å². The summed E-state index contributed by atoms with van der Waals surface area (Å²) in [6.45, 7) is 2.75. The molecule has 1 saturated carbocycles. The maximum atomic E-state index is 12.7. The predicted molar refractivity (Wildman–Crippen MR) is 78.7 cm³/mol. The Kier molecular flexibility index (Phi) is 4.66. The Morgan fingerprint density at radius 3 is 2.63 bits per heavy atom. The molecule has 1 aliphatic rings. The van der Waals surface area contributed by atoms with E-state index in [4.69, 9.17) is 5.73 Å². The molecule has 0 atom stereocenters. The van der Waals surface area contributed by atoms with E-state index in [9.17, 15) is 8.42 Å². The quantitative estimate of drug-likeness (QED) is 0.908. The van der Waals surface area contributed by atoms with Crippen LogP contribution in [0.25, 0.3) is 0 Å². The first kappa shape index (κ1) is 15.0. The number of hydrogen-bond acceptors (Lipinski definition) is 4. The minimum Gasteiger partial charge on any atom is -0.326 e. The first-order valence-corrected chi connectivity index (χ1v) is 9.02. The van der Waals surface area contributed by atoms with E-state index < -0.39 is 10.0 Å². The lowest BCUT2D eigenvalue weighted by molar-refractivity contribution is 0.387. The van der Waals surface area contributed by atoms with Gasteiger partial charge in [-0.25, -0.2) is 12.7 Å². The average Bonchev–Trinajstić information content (AvgIpc) is 2.98. The lowest BCUT2D eigenvalue weighted by Gasteiger charge is -2.21. The van der Waals surface area contributed by atoms with Crippen LogP contribution in [0.1, 0.15) is 36.1 Å². The van der Waals surface area contributed by atoms with Gasteiger partial charge >= 0.3 is 0 Å². The molecule has 2 N–H and O–H groups in total. The van der Waals surface area contributed by atoms with E-state index in [1.165, 1.54) is 28.5 Å². The van der Waals surface area contributed by atoms with Crippen LogP contribution in [0.2, 0.25) is 0 Å². The largest absolute Gasteiger partial charge is 0.326 e. The Morgan fingerprint density at radius 2 is 2.05 bits per heavy atom. The minimum absolute atomic E-state index is 0.282. The molecular formula is C13H22N2O2S2. The number of hydrogen-bond donors (Lipinski definition) is 1. The van der Waals surface area contributed by atoms with Crippen LogP contribution in [0.15, 0.2) is 10.3 Å². The number of rotatable bonds is 5. The fourth-order valence-electron chi connectivity index (χ4n) is 2.79. The van der Waals surface area contributed by atoms with Crippen LogP contribution in [0, 0.1) is 12.8 Å². The number of aryl methyl sites for hydroxylation is 1. The summed E-state index contributed by atoms with van der Waals surface area (Å²) >= 11 is 1.43. The zero-order chi connectivity index (χ0) is 14.0. The number of nitrogens with two attached hydrogens (primary N) is 1. The highest BCUT2D eigenvalue weighted by atomic mass is 32.2. The fraction of sp³-hybridized carbons (Fsp3) is 0.692. The Balaban J connectivity index is 2.22. The Labute approximate surface area is 119 Å². The second-order valence-electron chi connectivity index (χ2n) is 5.31. The molecule has 0 saturated heterocycles. The highest BCUT2D eigenvalue weighted by molar-refractivity contribution is 7.89. The molecule has 1 aliphatic carbocycles. The number of nitrogens with zero attached hydrogens (tertiary/aromatic N) is 1. The van der Waals surface area contributed by atoms with Crippen molar-refractivity contribution in [3.63, 3.8) is 0 Å². The van der Waals surface area contributed by atoms with Crippen LogP contribution in [0.4, 0.5) is 0 Å². The van der Waals surface area contributed by atoms with Gasteiger partial charge in [0.1, 0.15) is 4.90 Å². The first-order chi connectivity index (χ1) is 8.96. The summed E-state index contributed by atoms with van der Waals surface area (Å²) in [6.07, 6.45) is 4.74. The van der Waals surface area contributed by atoms with Crippen LogP contribution < -0.4 is 5.73 Å². The lowest BCUT2D eigenvalue weighted by Crippen LogP contribution is -2.32. The lowest BCUT2D eigenvalue weighted by atomic mass is 10.1. The number of thiophene rings is 1. The van der Waals surface area contributed by atoms with E-state index in [0.717, 1.165) is 23.3 Å². The molecule has 0 amide bonds. The second kappa shape index (κ2) is 5.91. The molecule has 4 nitrogen and oxygen atoms in total. The zero-order valence-corrected chi connectivity index (χ0v) is 13.2. The van der Waals surface area contributed by atoms with Crippen molar-refractivity contribution in [1.29, 1.82) is 0 Å². The summed E-state index contributed by atoms with van der Waals surface area (Å²) in [7, 11) is -1.71. The van der Waals surface area contributed by atoms with Crippen molar-refractivity contribution in [2.45, 2.75) is 44.0 Å². The molecule has 1 aromatic rings. The topological polar surface area (TPSA) is 63.4 Å². The van der Waals surface area contributed by atoms with Gasteiger partial charge in [-0.1, -0.05) is 12.8 Å². The number of sulfonamides is 1. The minimum atomic E-state index is -3.39. The van der Waals surface area contributed by atoms with Crippen LogP contribution in [-0.4, -0.2) is 26.3 Å². The van der Waals surface area contributed by atoms with Crippen LogP contribution >= 0.6 is 11.3 Å². The van der Waals surface area contributed by atoms with E-state index in [-0.39, 0.29) is 6.54 Å². The standard InChI is InChI=1S/C13H22N2O2S2/c1-10-9-18-12(7-14)13(10)19(16,17)15(2)8-11-5-3-4-6-11/h9,11H,3-8,14H2,1-2H3. The van der Waals surface area contributed by atoms with E-state index in [2.05, 4.69) is 0 Å². The monoisotopic (exact) mass is 302 g/mol. The fourth-order valence-corrected chi connectivity index (χ4v) is 5.68. The Hall–Kier alpha value is -0.430. The molecule has 1 aromatic heterocycles. The highest BCUT2D eigenvalue weighted by Crippen LogP contribution is 2.31. The Bertz CT molecular complexity index is 531. The molecule has 0 radical (unpaired) electrons. The van der Waals surface area contributed by atoms with E-state index in [1.807, 2.05) is 12.3 Å². The molecule has 6 heteroatoms. The highest BCUT2D eigenvalue weighted by Gasteiger charge is 2.29. The summed E-state index contributed by atoms with van der Waals surface area (Å²) in [5, 5.41) is 1.87. The van der Waals surface area contributed by atoms with Gasteiger partial charge in [-0.15, -0.1) is 11.3 Å². The van der Waals surface area contributed by atoms with E-state index in [1.54, 1.807) is 7.05 Å². The molecule has 0 aromatic carbocycles. The van der Waals surface area contributed by atoms with Gasteiger partial charge < -0.3 is 5.73 Å². The molecular weight excluding hydrogens is 280 g/mol. The molecule has 1 fully saturated rings. The summed E-state index contributed by atoms with van der Waals surface area (Å²) in [5.41, 5.74) is 6.46. The smallest absolute Gasteiger partial charge is 0.244 e. The van der Waals surface area contributed by atoms with Crippen molar-refractivity contribution in [2.75, 3.05) is 13.6 Å². The van der Waals surface area contributed by atoms with Crippen molar-refractivity contribution < 1.29 is 8.42 Å². The van der Waals surface area contributed by atoms with Crippen molar-refractivity contribution in [1.82, 2.24) is 4.31 Å². The first-order valence-electron chi connectivity index (χ1n) is 6.70. The predicted octanol–water partition coefficient (Wildman–Crippen LogP) is 2.33. The zero-order valence-electron chi connectivity index (χ0n) is 11.6.